The van der Waals surface area contributed by atoms with E-state index in [4.69, 9.17) is 9.47 Å². The van der Waals surface area contributed by atoms with E-state index >= 15 is 0 Å². The van der Waals surface area contributed by atoms with Crippen LogP contribution in [0.3, 0.4) is 0 Å². The third-order valence-electron chi connectivity index (χ3n) is 4.67. The van der Waals surface area contributed by atoms with Gasteiger partial charge in [-0.05, 0) is 31.9 Å². The van der Waals surface area contributed by atoms with E-state index in [0.29, 0.717) is 17.8 Å². The summed E-state index contributed by atoms with van der Waals surface area (Å²) in [7, 11) is 0. The monoisotopic (exact) mass is 333 g/mol. The van der Waals surface area contributed by atoms with Crippen molar-refractivity contribution < 1.29 is 14.3 Å². The Balaban J connectivity index is 1.52. The maximum absolute atomic E-state index is 12.5. The van der Waals surface area contributed by atoms with Gasteiger partial charge in [0, 0.05) is 36.9 Å². The third kappa shape index (κ3) is 3.99. The Kier molecular flexibility index (Phi) is 5.26. The normalized spacial score (nSPS) is 19.5. The van der Waals surface area contributed by atoms with Crippen molar-refractivity contribution >= 4 is 11.6 Å². The lowest BCUT2D eigenvalue weighted by molar-refractivity contribution is -0.121. The summed E-state index contributed by atoms with van der Waals surface area (Å²) in [5, 5.41) is 6.56. The molecule has 0 bridgehead atoms. The van der Waals surface area contributed by atoms with Gasteiger partial charge >= 0.3 is 0 Å². The minimum atomic E-state index is -0.143. The fourth-order valence-electron chi connectivity index (χ4n) is 3.31. The van der Waals surface area contributed by atoms with Gasteiger partial charge in [0.15, 0.2) is 11.5 Å². The van der Waals surface area contributed by atoms with Crippen LogP contribution in [0.4, 0.5) is 5.69 Å². The molecule has 0 spiro atoms. The van der Waals surface area contributed by atoms with Gasteiger partial charge in [-0.25, -0.2) is 0 Å². The third-order valence-corrected chi connectivity index (χ3v) is 4.67. The van der Waals surface area contributed by atoms with Gasteiger partial charge in [0.2, 0.25) is 12.7 Å². The molecule has 1 aromatic rings. The number of fused-ring (bicyclic) bond motifs is 1. The maximum Gasteiger partial charge on any atom is 0.241 e. The van der Waals surface area contributed by atoms with Crippen molar-refractivity contribution in [2.75, 3.05) is 25.2 Å². The van der Waals surface area contributed by atoms with Gasteiger partial charge in [0.1, 0.15) is 0 Å². The summed E-state index contributed by atoms with van der Waals surface area (Å²) < 4.78 is 10.6. The van der Waals surface area contributed by atoms with Gasteiger partial charge in [-0.3, -0.25) is 9.69 Å². The molecule has 2 aliphatic rings. The Morgan fingerprint density at radius 1 is 1.17 bits per heavy atom. The first-order chi connectivity index (χ1) is 11.5. The molecule has 6 heteroatoms. The van der Waals surface area contributed by atoms with Gasteiger partial charge in [-0.15, -0.1) is 0 Å². The molecule has 132 valence electrons. The number of likely N-dealkylation sites (tertiary alicyclic amines) is 1. The largest absolute Gasteiger partial charge is 0.454 e. The number of anilines is 1. The number of ether oxygens (including phenoxy) is 2. The molecule has 0 radical (unpaired) electrons. The molecule has 1 fully saturated rings. The summed E-state index contributed by atoms with van der Waals surface area (Å²) in [6.07, 6.45) is 2.17. The van der Waals surface area contributed by atoms with Crippen molar-refractivity contribution in [2.45, 2.75) is 51.7 Å². The SMILES string of the molecule is CC(C)NC1CCN(C(C)C(=O)Nc2ccc3c(c2)OCO3)CC1. The number of hydrogen-bond donors (Lipinski definition) is 2. The minimum Gasteiger partial charge on any atom is -0.454 e. The zero-order chi connectivity index (χ0) is 17.1. The molecule has 2 heterocycles. The van der Waals surface area contributed by atoms with Crippen molar-refractivity contribution in [1.29, 1.82) is 0 Å². The Hall–Kier alpha value is -1.79. The topological polar surface area (TPSA) is 62.8 Å². The van der Waals surface area contributed by atoms with Crippen LogP contribution in [0.2, 0.25) is 0 Å². The molecule has 6 nitrogen and oxygen atoms in total. The van der Waals surface area contributed by atoms with E-state index < -0.39 is 0 Å². The van der Waals surface area contributed by atoms with Crippen molar-refractivity contribution in [3.8, 4) is 11.5 Å². The summed E-state index contributed by atoms with van der Waals surface area (Å²) >= 11 is 0. The van der Waals surface area contributed by atoms with Crippen LogP contribution in [-0.4, -0.2) is 48.8 Å². The summed E-state index contributed by atoms with van der Waals surface area (Å²) in [6, 6.07) is 6.41. The predicted molar refractivity (Wildman–Crippen MR) is 93.5 cm³/mol. The molecule has 3 rings (SSSR count). The van der Waals surface area contributed by atoms with E-state index in [2.05, 4.69) is 29.4 Å². The highest BCUT2D eigenvalue weighted by atomic mass is 16.7. The number of carbonyl (C=O) groups excluding carboxylic acids is 1. The van der Waals surface area contributed by atoms with Crippen molar-refractivity contribution in [3.63, 3.8) is 0 Å². The fraction of sp³-hybridized carbons (Fsp3) is 0.611. The standard InChI is InChI=1S/C18H27N3O3/c1-12(2)19-14-6-8-21(9-7-14)13(3)18(22)20-15-4-5-16-17(10-15)24-11-23-16/h4-5,10,12-14,19H,6-9,11H2,1-3H3,(H,20,22). The van der Waals surface area contributed by atoms with Gasteiger partial charge in [0.05, 0.1) is 6.04 Å². The second-order valence-electron chi connectivity index (χ2n) is 6.86. The van der Waals surface area contributed by atoms with Crippen molar-refractivity contribution in [2.24, 2.45) is 0 Å². The zero-order valence-corrected chi connectivity index (χ0v) is 14.7. The van der Waals surface area contributed by atoms with E-state index in [9.17, 15) is 4.79 Å². The molecule has 1 atom stereocenters. The lowest BCUT2D eigenvalue weighted by Gasteiger charge is -2.36. The molecule has 1 unspecified atom stereocenters. The van der Waals surface area contributed by atoms with Crippen LogP contribution >= 0.6 is 0 Å². The highest BCUT2D eigenvalue weighted by Crippen LogP contribution is 2.34. The zero-order valence-electron chi connectivity index (χ0n) is 14.7. The smallest absolute Gasteiger partial charge is 0.241 e. The van der Waals surface area contributed by atoms with Crippen LogP contribution in [0.15, 0.2) is 18.2 Å². The average molecular weight is 333 g/mol. The molecule has 24 heavy (non-hydrogen) atoms. The number of amides is 1. The molecular formula is C18H27N3O3. The molecule has 0 saturated carbocycles. The summed E-state index contributed by atoms with van der Waals surface area (Å²) in [6.45, 7) is 8.45. The molecule has 1 saturated heterocycles. The molecule has 0 aromatic heterocycles. The van der Waals surface area contributed by atoms with Crippen LogP contribution in [-0.2, 0) is 4.79 Å². The first-order valence-electron chi connectivity index (χ1n) is 8.73. The predicted octanol–water partition coefficient (Wildman–Crippen LogP) is 2.20. The number of hydrogen-bond acceptors (Lipinski definition) is 5. The average Bonchev–Trinajstić information content (AvgIpc) is 3.02. The van der Waals surface area contributed by atoms with E-state index in [0.717, 1.165) is 37.4 Å². The molecule has 2 N–H and O–H groups in total. The second-order valence-corrected chi connectivity index (χ2v) is 6.86. The number of nitrogens with zero attached hydrogens (tertiary/aromatic N) is 1. The van der Waals surface area contributed by atoms with Crippen LogP contribution in [0.25, 0.3) is 0 Å². The van der Waals surface area contributed by atoms with Crippen LogP contribution in [0.1, 0.15) is 33.6 Å². The maximum atomic E-state index is 12.5. The number of piperidine rings is 1. The Bertz CT molecular complexity index is 583. The number of rotatable bonds is 5. The molecule has 1 amide bonds. The fourth-order valence-corrected chi connectivity index (χ4v) is 3.31. The summed E-state index contributed by atoms with van der Waals surface area (Å²) in [4.78, 5) is 14.8. The molecule has 2 aliphatic heterocycles. The first kappa shape index (κ1) is 17.0. The lowest BCUT2D eigenvalue weighted by Crippen LogP contribution is -2.50. The Labute approximate surface area is 143 Å². The first-order valence-corrected chi connectivity index (χ1v) is 8.73. The van der Waals surface area contributed by atoms with E-state index in [-0.39, 0.29) is 18.7 Å². The van der Waals surface area contributed by atoms with Gasteiger partial charge < -0.3 is 20.1 Å². The highest BCUT2D eigenvalue weighted by Gasteiger charge is 2.27. The van der Waals surface area contributed by atoms with Crippen LogP contribution in [0.5, 0.6) is 11.5 Å². The van der Waals surface area contributed by atoms with Crippen molar-refractivity contribution in [3.05, 3.63) is 18.2 Å². The van der Waals surface area contributed by atoms with Crippen LogP contribution < -0.4 is 20.1 Å². The van der Waals surface area contributed by atoms with Crippen molar-refractivity contribution in [1.82, 2.24) is 10.2 Å². The molecular weight excluding hydrogens is 306 g/mol. The summed E-state index contributed by atoms with van der Waals surface area (Å²) in [5.41, 5.74) is 0.743. The Morgan fingerprint density at radius 3 is 2.58 bits per heavy atom. The highest BCUT2D eigenvalue weighted by molar-refractivity contribution is 5.94. The molecule has 0 aliphatic carbocycles. The minimum absolute atomic E-state index is 0.0177. The van der Waals surface area contributed by atoms with E-state index in [1.807, 2.05) is 25.1 Å². The second kappa shape index (κ2) is 7.40. The van der Waals surface area contributed by atoms with Gasteiger partial charge in [-0.1, -0.05) is 13.8 Å². The number of benzene rings is 1. The lowest BCUT2D eigenvalue weighted by atomic mass is 10.0. The van der Waals surface area contributed by atoms with Gasteiger partial charge in [-0.2, -0.15) is 0 Å². The quantitative estimate of drug-likeness (QED) is 0.865. The van der Waals surface area contributed by atoms with E-state index in [1.54, 1.807) is 0 Å². The summed E-state index contributed by atoms with van der Waals surface area (Å²) in [5.74, 6) is 1.42. The number of nitrogens with one attached hydrogen (secondary N) is 2. The van der Waals surface area contributed by atoms with Crippen LogP contribution in [0, 0.1) is 0 Å². The number of carbonyl (C=O) groups is 1. The Morgan fingerprint density at radius 2 is 1.88 bits per heavy atom. The van der Waals surface area contributed by atoms with E-state index in [1.165, 1.54) is 0 Å². The molecule has 1 aromatic carbocycles. The van der Waals surface area contributed by atoms with Gasteiger partial charge in [0.25, 0.3) is 0 Å².